The lowest BCUT2D eigenvalue weighted by atomic mass is 10.1. The number of pyridine rings is 2. The van der Waals surface area contributed by atoms with Crippen LogP contribution in [0.15, 0.2) is 48.7 Å². The lowest BCUT2D eigenvalue weighted by Crippen LogP contribution is -2.35. The third-order valence-corrected chi connectivity index (χ3v) is 4.37. The minimum absolute atomic E-state index is 0.323. The number of hydrogen-bond donors (Lipinski definition) is 0. The molecule has 0 aliphatic carbocycles. The summed E-state index contributed by atoms with van der Waals surface area (Å²) in [5.74, 6) is 1.02. The normalized spacial score (nSPS) is 14.9. The average molecular weight is 346 g/mol. The van der Waals surface area contributed by atoms with Crippen molar-refractivity contribution in [1.29, 1.82) is 5.26 Å². The quantitative estimate of drug-likeness (QED) is 0.723. The summed E-state index contributed by atoms with van der Waals surface area (Å²) in [6.45, 7) is 4.28. The van der Waals surface area contributed by atoms with Gasteiger partial charge in [0.25, 0.3) is 0 Å². The van der Waals surface area contributed by atoms with Gasteiger partial charge >= 0.3 is 0 Å². The van der Waals surface area contributed by atoms with Gasteiger partial charge in [-0.2, -0.15) is 5.26 Å². The van der Waals surface area contributed by atoms with Gasteiger partial charge in [-0.3, -0.25) is 9.88 Å². The first-order valence-electron chi connectivity index (χ1n) is 8.55. The molecule has 0 spiro atoms. The topological polar surface area (TPSA) is 71.3 Å². The standard InChI is InChI=1S/C20H18N4O2/c21-13-16-3-1-5-19(23-16)26-18-7-6-15(14-24-9-11-25-12-10-24)17-4-2-8-22-20(17)18/h1-8H,9-12,14H2. The third kappa shape index (κ3) is 3.49. The highest BCUT2D eigenvalue weighted by Gasteiger charge is 2.15. The second kappa shape index (κ2) is 7.48. The van der Waals surface area contributed by atoms with E-state index in [4.69, 9.17) is 14.7 Å². The van der Waals surface area contributed by atoms with Crippen molar-refractivity contribution in [2.45, 2.75) is 6.54 Å². The van der Waals surface area contributed by atoms with Gasteiger partial charge in [0.05, 0.1) is 13.2 Å². The Morgan fingerprint density at radius 1 is 1.12 bits per heavy atom. The highest BCUT2D eigenvalue weighted by Crippen LogP contribution is 2.30. The average Bonchev–Trinajstić information content (AvgIpc) is 2.71. The highest BCUT2D eigenvalue weighted by molar-refractivity contribution is 5.87. The van der Waals surface area contributed by atoms with E-state index in [2.05, 4.69) is 27.0 Å². The fraction of sp³-hybridized carbons (Fsp3) is 0.250. The van der Waals surface area contributed by atoms with Crippen molar-refractivity contribution in [3.05, 3.63) is 59.9 Å². The predicted octanol–water partition coefficient (Wildman–Crippen LogP) is 3.13. The second-order valence-corrected chi connectivity index (χ2v) is 6.09. The molecule has 130 valence electrons. The van der Waals surface area contributed by atoms with Crippen LogP contribution in [-0.4, -0.2) is 41.2 Å². The molecule has 0 N–H and O–H groups in total. The van der Waals surface area contributed by atoms with Crippen molar-refractivity contribution in [3.63, 3.8) is 0 Å². The zero-order valence-corrected chi connectivity index (χ0v) is 14.3. The van der Waals surface area contributed by atoms with Gasteiger partial charge in [0, 0.05) is 37.3 Å². The Balaban J connectivity index is 1.66. The molecule has 1 saturated heterocycles. The molecule has 0 atom stereocenters. The first kappa shape index (κ1) is 16.5. The molecule has 2 aromatic heterocycles. The maximum Gasteiger partial charge on any atom is 0.220 e. The molecule has 1 fully saturated rings. The van der Waals surface area contributed by atoms with Crippen LogP contribution in [0.5, 0.6) is 11.6 Å². The molecule has 0 saturated carbocycles. The van der Waals surface area contributed by atoms with Crippen LogP contribution in [0.1, 0.15) is 11.3 Å². The minimum Gasteiger partial charge on any atom is -0.437 e. The Kier molecular flexibility index (Phi) is 4.73. The molecule has 6 nitrogen and oxygen atoms in total. The van der Waals surface area contributed by atoms with Crippen molar-refractivity contribution >= 4 is 10.9 Å². The summed E-state index contributed by atoms with van der Waals surface area (Å²) in [6.07, 6.45) is 1.76. The second-order valence-electron chi connectivity index (χ2n) is 6.09. The molecule has 3 aromatic rings. The van der Waals surface area contributed by atoms with Crippen LogP contribution in [0.4, 0.5) is 0 Å². The summed E-state index contributed by atoms with van der Waals surface area (Å²) < 4.78 is 11.3. The molecule has 0 radical (unpaired) electrons. The zero-order chi connectivity index (χ0) is 17.8. The molecular weight excluding hydrogens is 328 g/mol. The van der Waals surface area contributed by atoms with Gasteiger partial charge in [0.15, 0.2) is 5.75 Å². The molecule has 26 heavy (non-hydrogen) atoms. The van der Waals surface area contributed by atoms with E-state index in [1.807, 2.05) is 18.2 Å². The summed E-state index contributed by atoms with van der Waals surface area (Å²) in [6, 6.07) is 15.1. The highest BCUT2D eigenvalue weighted by atomic mass is 16.5. The smallest absolute Gasteiger partial charge is 0.220 e. The van der Waals surface area contributed by atoms with Crippen LogP contribution in [0.3, 0.4) is 0 Å². The van der Waals surface area contributed by atoms with Gasteiger partial charge < -0.3 is 9.47 Å². The lowest BCUT2D eigenvalue weighted by Gasteiger charge is -2.27. The monoisotopic (exact) mass is 346 g/mol. The van der Waals surface area contributed by atoms with Crippen LogP contribution in [0.25, 0.3) is 10.9 Å². The maximum absolute atomic E-state index is 9.00. The van der Waals surface area contributed by atoms with Crippen molar-refractivity contribution < 1.29 is 9.47 Å². The fourth-order valence-corrected chi connectivity index (χ4v) is 3.07. The number of hydrogen-bond acceptors (Lipinski definition) is 6. The number of nitrogens with zero attached hydrogens (tertiary/aromatic N) is 4. The van der Waals surface area contributed by atoms with E-state index in [0.717, 1.165) is 43.8 Å². The molecule has 3 heterocycles. The molecule has 6 heteroatoms. The van der Waals surface area contributed by atoms with E-state index in [-0.39, 0.29) is 0 Å². The van der Waals surface area contributed by atoms with Crippen LogP contribution in [-0.2, 0) is 11.3 Å². The van der Waals surface area contributed by atoms with Crippen LogP contribution in [0.2, 0.25) is 0 Å². The Hall–Kier alpha value is -3.01. The van der Waals surface area contributed by atoms with Gasteiger partial charge in [0.2, 0.25) is 5.88 Å². The van der Waals surface area contributed by atoms with E-state index in [0.29, 0.717) is 17.3 Å². The summed E-state index contributed by atoms with van der Waals surface area (Å²) >= 11 is 0. The number of ether oxygens (including phenoxy) is 2. The first-order chi connectivity index (χ1) is 12.8. The molecule has 1 aliphatic rings. The number of morpholine rings is 1. The Morgan fingerprint density at radius 2 is 2.00 bits per heavy atom. The molecule has 1 aromatic carbocycles. The number of benzene rings is 1. The number of nitriles is 1. The first-order valence-corrected chi connectivity index (χ1v) is 8.55. The van der Waals surface area contributed by atoms with Gasteiger partial charge in [-0.1, -0.05) is 18.2 Å². The van der Waals surface area contributed by atoms with E-state index >= 15 is 0 Å². The Labute approximate surface area is 151 Å². The SMILES string of the molecule is N#Cc1cccc(Oc2ccc(CN3CCOCC3)c3cccnc23)n1. The lowest BCUT2D eigenvalue weighted by molar-refractivity contribution is 0.0343. The van der Waals surface area contributed by atoms with Crippen molar-refractivity contribution in [3.8, 4) is 17.7 Å². The number of aromatic nitrogens is 2. The summed E-state index contributed by atoms with van der Waals surface area (Å²) in [5.41, 5.74) is 2.33. The van der Waals surface area contributed by atoms with Crippen molar-refractivity contribution in [2.24, 2.45) is 0 Å². The van der Waals surface area contributed by atoms with Crippen molar-refractivity contribution in [2.75, 3.05) is 26.3 Å². The zero-order valence-electron chi connectivity index (χ0n) is 14.3. The van der Waals surface area contributed by atoms with Crippen molar-refractivity contribution in [1.82, 2.24) is 14.9 Å². The molecule has 0 unspecified atom stereocenters. The molecule has 4 rings (SSSR count). The number of fused-ring (bicyclic) bond motifs is 1. The predicted molar refractivity (Wildman–Crippen MR) is 96.9 cm³/mol. The van der Waals surface area contributed by atoms with E-state index in [9.17, 15) is 0 Å². The van der Waals surface area contributed by atoms with E-state index in [1.54, 1.807) is 24.4 Å². The van der Waals surface area contributed by atoms with Gasteiger partial charge in [-0.15, -0.1) is 0 Å². The van der Waals surface area contributed by atoms with Gasteiger partial charge in [-0.25, -0.2) is 4.98 Å². The van der Waals surface area contributed by atoms with E-state index < -0.39 is 0 Å². The fourth-order valence-electron chi connectivity index (χ4n) is 3.07. The van der Waals surface area contributed by atoms with E-state index in [1.165, 1.54) is 5.56 Å². The number of rotatable bonds is 4. The maximum atomic E-state index is 9.00. The summed E-state index contributed by atoms with van der Waals surface area (Å²) in [5, 5.41) is 10.1. The largest absolute Gasteiger partial charge is 0.437 e. The Bertz CT molecular complexity index is 961. The van der Waals surface area contributed by atoms with Crippen LogP contribution >= 0.6 is 0 Å². The minimum atomic E-state index is 0.323. The summed E-state index contributed by atoms with van der Waals surface area (Å²) in [7, 11) is 0. The van der Waals surface area contributed by atoms with Crippen LogP contribution in [0, 0.1) is 11.3 Å². The molecular formula is C20H18N4O2. The molecule has 0 bridgehead atoms. The summed E-state index contributed by atoms with van der Waals surface area (Å²) in [4.78, 5) is 11.1. The molecule has 0 amide bonds. The third-order valence-electron chi connectivity index (χ3n) is 4.37. The van der Waals surface area contributed by atoms with Gasteiger partial charge in [-0.05, 0) is 23.8 Å². The van der Waals surface area contributed by atoms with Gasteiger partial charge in [0.1, 0.15) is 17.3 Å². The molecule has 1 aliphatic heterocycles. The Morgan fingerprint density at radius 3 is 2.85 bits per heavy atom. The van der Waals surface area contributed by atoms with Crippen LogP contribution < -0.4 is 4.74 Å².